The molecule has 1 aliphatic rings. The van der Waals surface area contributed by atoms with Gasteiger partial charge >= 0.3 is 6.03 Å². The average Bonchev–Trinajstić information content (AvgIpc) is 2.61. The molecule has 0 atom stereocenters. The Bertz CT molecular complexity index is 475. The Hall–Kier alpha value is -1.99. The predicted octanol–water partition coefficient (Wildman–Crippen LogP) is 1.10. The second-order valence-corrected chi connectivity index (χ2v) is 5.39. The Morgan fingerprint density at radius 2 is 1.71 bits per heavy atom. The molecule has 1 heterocycles. The predicted molar refractivity (Wildman–Crippen MR) is 91.8 cm³/mol. The van der Waals surface area contributed by atoms with E-state index in [-0.39, 0.29) is 6.03 Å². The van der Waals surface area contributed by atoms with Gasteiger partial charge in [0.1, 0.15) is 18.1 Å². The minimum atomic E-state index is -0.168. The summed E-state index contributed by atoms with van der Waals surface area (Å²) >= 11 is 0. The Morgan fingerprint density at radius 1 is 1.08 bits per heavy atom. The first kappa shape index (κ1) is 18.4. The number of rotatable bonds is 9. The first-order valence-corrected chi connectivity index (χ1v) is 8.45. The van der Waals surface area contributed by atoms with Gasteiger partial charge in [0.25, 0.3) is 0 Å². The third-order valence-corrected chi connectivity index (χ3v) is 3.61. The molecule has 0 aliphatic carbocycles. The van der Waals surface area contributed by atoms with Crippen molar-refractivity contribution in [3.05, 3.63) is 24.3 Å². The fourth-order valence-electron chi connectivity index (χ4n) is 2.35. The second kappa shape index (κ2) is 10.7. The maximum Gasteiger partial charge on any atom is 0.314 e. The summed E-state index contributed by atoms with van der Waals surface area (Å²) in [5.74, 6) is 1.58. The minimum absolute atomic E-state index is 0.168. The van der Waals surface area contributed by atoms with Crippen LogP contribution in [0.15, 0.2) is 24.3 Å². The number of ether oxygens (including phenoxy) is 3. The van der Waals surface area contributed by atoms with E-state index >= 15 is 0 Å². The van der Waals surface area contributed by atoms with Gasteiger partial charge in [-0.3, -0.25) is 4.90 Å². The highest BCUT2D eigenvalue weighted by molar-refractivity contribution is 5.73. The molecule has 1 saturated heterocycles. The van der Waals surface area contributed by atoms with Crippen molar-refractivity contribution >= 4 is 6.03 Å². The first-order chi connectivity index (χ1) is 11.8. The van der Waals surface area contributed by atoms with Crippen molar-refractivity contribution in [2.75, 3.05) is 59.2 Å². The van der Waals surface area contributed by atoms with Crippen LogP contribution >= 0.6 is 0 Å². The van der Waals surface area contributed by atoms with E-state index in [0.717, 1.165) is 44.3 Å². The van der Waals surface area contributed by atoms with Crippen molar-refractivity contribution in [2.24, 2.45) is 0 Å². The summed E-state index contributed by atoms with van der Waals surface area (Å²) in [6.45, 7) is 8.35. The lowest BCUT2D eigenvalue weighted by Gasteiger charge is -2.26. The summed E-state index contributed by atoms with van der Waals surface area (Å²) in [5.41, 5.74) is 0. The molecule has 7 nitrogen and oxygen atoms in total. The molecule has 1 aromatic carbocycles. The number of hydrogen-bond donors (Lipinski definition) is 2. The van der Waals surface area contributed by atoms with Gasteiger partial charge in [0.2, 0.25) is 0 Å². The van der Waals surface area contributed by atoms with Crippen molar-refractivity contribution in [3.8, 4) is 11.5 Å². The largest absolute Gasteiger partial charge is 0.494 e. The van der Waals surface area contributed by atoms with Crippen molar-refractivity contribution in [2.45, 2.75) is 6.92 Å². The van der Waals surface area contributed by atoms with Crippen LogP contribution in [0.5, 0.6) is 11.5 Å². The standard InChI is InChI=1S/C17H27N3O4/c1-2-23-15-3-5-16(6-4-15)24-12-8-19-17(21)18-7-9-20-10-13-22-14-11-20/h3-6H,2,7-14H2,1H3,(H2,18,19,21). The van der Waals surface area contributed by atoms with Gasteiger partial charge in [0, 0.05) is 26.2 Å². The fraction of sp³-hybridized carbons (Fsp3) is 0.588. The molecule has 0 aromatic heterocycles. The quantitative estimate of drug-likeness (QED) is 0.660. The first-order valence-electron chi connectivity index (χ1n) is 8.45. The average molecular weight is 337 g/mol. The number of carbonyl (C=O) groups excluding carboxylic acids is 1. The number of urea groups is 1. The highest BCUT2D eigenvalue weighted by Crippen LogP contribution is 2.17. The van der Waals surface area contributed by atoms with Gasteiger partial charge in [-0.2, -0.15) is 0 Å². The lowest BCUT2D eigenvalue weighted by molar-refractivity contribution is 0.0387. The molecule has 2 rings (SSSR count). The maximum absolute atomic E-state index is 11.7. The summed E-state index contributed by atoms with van der Waals surface area (Å²) in [6, 6.07) is 7.27. The topological polar surface area (TPSA) is 72.1 Å². The lowest BCUT2D eigenvalue weighted by atomic mass is 10.3. The summed E-state index contributed by atoms with van der Waals surface area (Å²) in [7, 11) is 0. The molecule has 24 heavy (non-hydrogen) atoms. The van der Waals surface area contributed by atoms with Crippen LogP contribution in [0.3, 0.4) is 0 Å². The van der Waals surface area contributed by atoms with E-state index < -0.39 is 0 Å². The molecule has 0 radical (unpaired) electrons. The van der Waals surface area contributed by atoms with Gasteiger partial charge in [0.15, 0.2) is 0 Å². The van der Waals surface area contributed by atoms with Crippen LogP contribution in [0.25, 0.3) is 0 Å². The Balaban J connectivity index is 1.50. The lowest BCUT2D eigenvalue weighted by Crippen LogP contribution is -2.44. The molecule has 2 amide bonds. The number of morpholine rings is 1. The zero-order valence-electron chi connectivity index (χ0n) is 14.3. The molecule has 1 aliphatic heterocycles. The summed E-state index contributed by atoms with van der Waals surface area (Å²) in [4.78, 5) is 14.0. The maximum atomic E-state index is 11.7. The van der Waals surface area contributed by atoms with Crippen LogP contribution in [0.2, 0.25) is 0 Å². The summed E-state index contributed by atoms with van der Waals surface area (Å²) in [5, 5.41) is 5.62. The van der Waals surface area contributed by atoms with E-state index in [2.05, 4.69) is 15.5 Å². The van der Waals surface area contributed by atoms with Crippen molar-refractivity contribution < 1.29 is 19.0 Å². The second-order valence-electron chi connectivity index (χ2n) is 5.39. The highest BCUT2D eigenvalue weighted by atomic mass is 16.5. The van der Waals surface area contributed by atoms with Gasteiger partial charge in [-0.25, -0.2) is 4.79 Å². The van der Waals surface area contributed by atoms with E-state index in [0.29, 0.717) is 26.3 Å². The molecule has 2 N–H and O–H groups in total. The molecule has 0 saturated carbocycles. The molecule has 0 unspecified atom stereocenters. The van der Waals surface area contributed by atoms with Crippen molar-refractivity contribution in [1.82, 2.24) is 15.5 Å². The number of nitrogens with one attached hydrogen (secondary N) is 2. The summed E-state index contributed by atoms with van der Waals surface area (Å²) < 4.78 is 16.2. The normalized spacial score (nSPS) is 14.9. The Labute approximate surface area is 143 Å². The van der Waals surface area contributed by atoms with Crippen LogP contribution in [0.4, 0.5) is 4.79 Å². The van der Waals surface area contributed by atoms with Crippen LogP contribution in [0, 0.1) is 0 Å². The van der Waals surface area contributed by atoms with Crippen molar-refractivity contribution in [3.63, 3.8) is 0 Å². The van der Waals surface area contributed by atoms with Gasteiger partial charge in [0.05, 0.1) is 26.4 Å². The number of hydrogen-bond acceptors (Lipinski definition) is 5. The molecular formula is C17H27N3O4. The molecule has 0 spiro atoms. The van der Waals surface area contributed by atoms with Crippen LogP contribution in [-0.4, -0.2) is 70.1 Å². The van der Waals surface area contributed by atoms with E-state index in [1.54, 1.807) is 0 Å². The van der Waals surface area contributed by atoms with Gasteiger partial charge in [-0.05, 0) is 31.2 Å². The van der Waals surface area contributed by atoms with Gasteiger partial charge in [-0.15, -0.1) is 0 Å². The third-order valence-electron chi connectivity index (χ3n) is 3.61. The zero-order chi connectivity index (χ0) is 17.0. The number of nitrogens with zero attached hydrogens (tertiary/aromatic N) is 1. The van der Waals surface area contributed by atoms with E-state index in [1.807, 2.05) is 31.2 Å². The third kappa shape index (κ3) is 7.06. The smallest absolute Gasteiger partial charge is 0.314 e. The minimum Gasteiger partial charge on any atom is -0.494 e. The molecule has 134 valence electrons. The Morgan fingerprint density at radius 3 is 2.38 bits per heavy atom. The highest BCUT2D eigenvalue weighted by Gasteiger charge is 2.09. The van der Waals surface area contributed by atoms with Crippen LogP contribution in [-0.2, 0) is 4.74 Å². The fourth-order valence-corrected chi connectivity index (χ4v) is 2.35. The number of benzene rings is 1. The monoisotopic (exact) mass is 337 g/mol. The van der Waals surface area contributed by atoms with Crippen LogP contribution < -0.4 is 20.1 Å². The molecule has 1 fully saturated rings. The molecule has 7 heteroatoms. The molecular weight excluding hydrogens is 310 g/mol. The number of amides is 2. The van der Waals surface area contributed by atoms with Gasteiger partial charge < -0.3 is 24.8 Å². The zero-order valence-corrected chi connectivity index (χ0v) is 14.3. The van der Waals surface area contributed by atoms with E-state index in [4.69, 9.17) is 14.2 Å². The number of carbonyl (C=O) groups is 1. The Kier molecular flexibility index (Phi) is 8.20. The molecule has 0 bridgehead atoms. The van der Waals surface area contributed by atoms with E-state index in [1.165, 1.54) is 0 Å². The van der Waals surface area contributed by atoms with Crippen molar-refractivity contribution in [1.29, 1.82) is 0 Å². The SMILES string of the molecule is CCOc1ccc(OCCNC(=O)NCCN2CCOCC2)cc1. The molecule has 1 aromatic rings. The summed E-state index contributed by atoms with van der Waals surface area (Å²) in [6.07, 6.45) is 0. The van der Waals surface area contributed by atoms with E-state index in [9.17, 15) is 4.79 Å². The van der Waals surface area contributed by atoms with Crippen LogP contribution in [0.1, 0.15) is 6.92 Å². The van der Waals surface area contributed by atoms with Gasteiger partial charge in [-0.1, -0.05) is 0 Å².